The molecule has 0 aliphatic heterocycles. The number of rotatable bonds is 8. The van der Waals surface area contributed by atoms with E-state index in [2.05, 4.69) is 24.1 Å². The molecule has 118 valence electrons. The molecular weight excluding hydrogens is 281 g/mol. The molecule has 1 aromatic carbocycles. The van der Waals surface area contributed by atoms with Crippen molar-refractivity contribution in [1.29, 1.82) is 0 Å². The Labute approximate surface area is 123 Å². The third-order valence-corrected chi connectivity index (χ3v) is 3.04. The van der Waals surface area contributed by atoms with Gasteiger partial charge in [0.2, 0.25) is 5.91 Å². The Hall–Kier alpha value is -1.56. The molecule has 0 saturated heterocycles. The van der Waals surface area contributed by atoms with Crippen LogP contribution in [0.25, 0.3) is 0 Å². The summed E-state index contributed by atoms with van der Waals surface area (Å²) in [4.78, 5) is 13.9. The first kappa shape index (κ1) is 17.5. The Morgan fingerprint density at radius 3 is 2.24 bits per heavy atom. The van der Waals surface area contributed by atoms with Gasteiger partial charge in [-0.15, -0.1) is 0 Å². The first-order valence-corrected chi connectivity index (χ1v) is 7.15. The smallest absolute Gasteiger partial charge is 0.225 e. The second-order valence-electron chi connectivity index (χ2n) is 4.86. The standard InChI is InChI=1S/C15H21F3N2O/c1-3-8-20(9-4-2)10-7-13(21)19-12-6-5-11(16)14(17)15(12)18/h5-6H,3-4,7-10H2,1-2H3,(H,19,21). The summed E-state index contributed by atoms with van der Waals surface area (Å²) in [6, 6.07) is 1.80. The molecule has 1 N–H and O–H groups in total. The minimum Gasteiger partial charge on any atom is -0.323 e. The van der Waals surface area contributed by atoms with E-state index in [4.69, 9.17) is 0 Å². The van der Waals surface area contributed by atoms with Crippen molar-refractivity contribution in [2.24, 2.45) is 0 Å². The lowest BCUT2D eigenvalue weighted by Crippen LogP contribution is -2.29. The monoisotopic (exact) mass is 302 g/mol. The maximum atomic E-state index is 13.4. The zero-order chi connectivity index (χ0) is 15.8. The molecule has 0 aliphatic carbocycles. The van der Waals surface area contributed by atoms with Gasteiger partial charge in [0, 0.05) is 13.0 Å². The molecule has 0 spiro atoms. The summed E-state index contributed by atoms with van der Waals surface area (Å²) < 4.78 is 39.3. The quantitative estimate of drug-likeness (QED) is 0.745. The molecule has 0 saturated carbocycles. The molecule has 0 bridgehead atoms. The number of anilines is 1. The lowest BCUT2D eigenvalue weighted by atomic mass is 10.2. The molecule has 0 aromatic heterocycles. The molecule has 1 rings (SSSR count). The van der Waals surface area contributed by atoms with E-state index in [0.717, 1.165) is 38.1 Å². The third-order valence-electron chi connectivity index (χ3n) is 3.04. The molecule has 6 heteroatoms. The second-order valence-corrected chi connectivity index (χ2v) is 4.86. The zero-order valence-electron chi connectivity index (χ0n) is 12.4. The van der Waals surface area contributed by atoms with Gasteiger partial charge in [0.15, 0.2) is 17.5 Å². The average molecular weight is 302 g/mol. The van der Waals surface area contributed by atoms with Gasteiger partial charge >= 0.3 is 0 Å². The normalized spacial score (nSPS) is 11.0. The highest BCUT2D eigenvalue weighted by molar-refractivity contribution is 5.90. The molecule has 0 fully saturated rings. The van der Waals surface area contributed by atoms with Crippen LogP contribution in [-0.2, 0) is 4.79 Å². The predicted octanol–water partition coefficient (Wildman–Crippen LogP) is 3.55. The summed E-state index contributed by atoms with van der Waals surface area (Å²) in [6.07, 6.45) is 2.15. The minimum atomic E-state index is -1.58. The van der Waals surface area contributed by atoms with Crippen LogP contribution in [0.1, 0.15) is 33.1 Å². The molecule has 0 radical (unpaired) electrons. The summed E-state index contributed by atoms with van der Waals surface area (Å²) >= 11 is 0. The number of carbonyl (C=O) groups excluding carboxylic acids is 1. The Bertz CT molecular complexity index is 474. The second kappa shape index (κ2) is 8.67. The fraction of sp³-hybridized carbons (Fsp3) is 0.533. The summed E-state index contributed by atoms with van der Waals surface area (Å²) in [5.41, 5.74) is -0.337. The Morgan fingerprint density at radius 1 is 1.05 bits per heavy atom. The number of hydrogen-bond acceptors (Lipinski definition) is 2. The van der Waals surface area contributed by atoms with E-state index < -0.39 is 23.4 Å². The molecule has 0 aliphatic rings. The summed E-state index contributed by atoms with van der Waals surface area (Å²) in [5, 5.41) is 2.27. The molecule has 0 heterocycles. The SMILES string of the molecule is CCCN(CCC)CCC(=O)Nc1ccc(F)c(F)c1F. The first-order valence-electron chi connectivity index (χ1n) is 7.15. The fourth-order valence-corrected chi connectivity index (χ4v) is 2.06. The Morgan fingerprint density at radius 2 is 1.67 bits per heavy atom. The predicted molar refractivity (Wildman–Crippen MR) is 76.6 cm³/mol. The molecule has 3 nitrogen and oxygen atoms in total. The lowest BCUT2D eigenvalue weighted by Gasteiger charge is -2.20. The van der Waals surface area contributed by atoms with Gasteiger partial charge in [-0.2, -0.15) is 0 Å². The van der Waals surface area contributed by atoms with E-state index in [1.807, 2.05) is 0 Å². The highest BCUT2D eigenvalue weighted by Gasteiger charge is 2.15. The number of benzene rings is 1. The van der Waals surface area contributed by atoms with E-state index in [0.29, 0.717) is 6.54 Å². The Kier molecular flexibility index (Phi) is 7.22. The van der Waals surface area contributed by atoms with Crippen LogP contribution in [-0.4, -0.2) is 30.4 Å². The van der Waals surface area contributed by atoms with Crippen LogP contribution >= 0.6 is 0 Å². The van der Waals surface area contributed by atoms with Crippen molar-refractivity contribution in [2.45, 2.75) is 33.1 Å². The summed E-state index contributed by atoms with van der Waals surface area (Å²) in [5.74, 6) is -4.65. The maximum absolute atomic E-state index is 13.4. The van der Waals surface area contributed by atoms with Crippen molar-refractivity contribution in [3.63, 3.8) is 0 Å². The highest BCUT2D eigenvalue weighted by Crippen LogP contribution is 2.19. The van der Waals surface area contributed by atoms with Gasteiger partial charge in [0.1, 0.15) is 0 Å². The van der Waals surface area contributed by atoms with Crippen LogP contribution in [0.4, 0.5) is 18.9 Å². The fourth-order valence-electron chi connectivity index (χ4n) is 2.06. The average Bonchev–Trinajstić information content (AvgIpc) is 2.46. The van der Waals surface area contributed by atoms with Crippen LogP contribution in [0.3, 0.4) is 0 Å². The zero-order valence-corrected chi connectivity index (χ0v) is 12.4. The number of halogens is 3. The number of carbonyl (C=O) groups is 1. The van der Waals surface area contributed by atoms with Crippen LogP contribution in [0.15, 0.2) is 12.1 Å². The maximum Gasteiger partial charge on any atom is 0.225 e. The van der Waals surface area contributed by atoms with Crippen molar-refractivity contribution in [1.82, 2.24) is 4.90 Å². The van der Waals surface area contributed by atoms with E-state index in [1.54, 1.807) is 0 Å². The van der Waals surface area contributed by atoms with Crippen LogP contribution < -0.4 is 5.32 Å². The van der Waals surface area contributed by atoms with Crippen LogP contribution in [0.5, 0.6) is 0 Å². The molecular formula is C15H21F3N2O. The van der Waals surface area contributed by atoms with Gasteiger partial charge in [-0.1, -0.05) is 13.8 Å². The lowest BCUT2D eigenvalue weighted by molar-refractivity contribution is -0.116. The van der Waals surface area contributed by atoms with Crippen LogP contribution in [0.2, 0.25) is 0 Å². The van der Waals surface area contributed by atoms with Crippen LogP contribution in [0, 0.1) is 17.5 Å². The largest absolute Gasteiger partial charge is 0.323 e. The van der Waals surface area contributed by atoms with E-state index in [9.17, 15) is 18.0 Å². The topological polar surface area (TPSA) is 32.3 Å². The summed E-state index contributed by atoms with van der Waals surface area (Å²) in [7, 11) is 0. The van der Waals surface area contributed by atoms with Gasteiger partial charge in [0.05, 0.1) is 5.69 Å². The van der Waals surface area contributed by atoms with Crippen molar-refractivity contribution < 1.29 is 18.0 Å². The molecule has 21 heavy (non-hydrogen) atoms. The number of amides is 1. The number of hydrogen-bond donors (Lipinski definition) is 1. The van der Waals surface area contributed by atoms with Gasteiger partial charge in [-0.3, -0.25) is 4.79 Å². The van der Waals surface area contributed by atoms with Gasteiger partial charge in [-0.05, 0) is 38.1 Å². The van der Waals surface area contributed by atoms with Crippen molar-refractivity contribution >= 4 is 11.6 Å². The number of nitrogens with zero attached hydrogens (tertiary/aromatic N) is 1. The van der Waals surface area contributed by atoms with Crippen molar-refractivity contribution in [2.75, 3.05) is 25.0 Å². The van der Waals surface area contributed by atoms with E-state index in [1.165, 1.54) is 0 Å². The molecule has 1 amide bonds. The van der Waals surface area contributed by atoms with Crippen molar-refractivity contribution in [3.05, 3.63) is 29.6 Å². The third kappa shape index (κ3) is 5.38. The minimum absolute atomic E-state index is 0.179. The molecule has 0 atom stereocenters. The van der Waals surface area contributed by atoms with E-state index in [-0.39, 0.29) is 12.1 Å². The van der Waals surface area contributed by atoms with Gasteiger partial charge < -0.3 is 10.2 Å². The number of nitrogens with one attached hydrogen (secondary N) is 1. The van der Waals surface area contributed by atoms with Gasteiger partial charge in [-0.25, -0.2) is 13.2 Å². The first-order chi connectivity index (χ1) is 9.99. The van der Waals surface area contributed by atoms with E-state index >= 15 is 0 Å². The summed E-state index contributed by atoms with van der Waals surface area (Å²) in [6.45, 7) is 6.44. The van der Waals surface area contributed by atoms with Gasteiger partial charge in [0.25, 0.3) is 0 Å². The molecule has 0 unspecified atom stereocenters. The Balaban J connectivity index is 2.56. The van der Waals surface area contributed by atoms with Crippen molar-refractivity contribution in [3.8, 4) is 0 Å². The highest BCUT2D eigenvalue weighted by atomic mass is 19.2. The molecule has 1 aromatic rings.